The standard InChI is InChI=1S/3C15H19NO3/c2*1-2-14(17)16-8-9-6-11(9)10-4-3-5-13-12(10)7-15(18)19-13;1-2-14(18)16-7-9-6-11(9)10-4-3-5-13-15(10)12(17)8-19-13/h2*3-5,9,11,15,18H,2,6-8H2,1H3,(H,16,17);3-5,9,11-12,17H,2,6-8H2,1H3,(H,16,18)/t9-,11?,15-;9-,11+,15+;9-,11+,12?/m000/s1. The summed E-state index contributed by atoms with van der Waals surface area (Å²) in [7, 11) is 0. The van der Waals surface area contributed by atoms with Gasteiger partial charge >= 0.3 is 0 Å². The highest BCUT2D eigenvalue weighted by atomic mass is 16.6. The minimum Gasteiger partial charge on any atom is -0.490 e. The van der Waals surface area contributed by atoms with E-state index in [1.807, 2.05) is 57.2 Å². The van der Waals surface area contributed by atoms with Crippen LogP contribution in [0.3, 0.4) is 0 Å². The van der Waals surface area contributed by atoms with Crippen LogP contribution in [-0.4, -0.2) is 71.9 Å². The lowest BCUT2D eigenvalue weighted by Gasteiger charge is -2.09. The van der Waals surface area contributed by atoms with Crippen molar-refractivity contribution in [1.82, 2.24) is 16.0 Å². The molecule has 6 aliphatic rings. The summed E-state index contributed by atoms with van der Waals surface area (Å²) in [6.07, 6.45) is 4.16. The van der Waals surface area contributed by atoms with E-state index in [1.165, 1.54) is 16.7 Å². The summed E-state index contributed by atoms with van der Waals surface area (Å²) >= 11 is 0. The summed E-state index contributed by atoms with van der Waals surface area (Å²) in [5.74, 6) is 5.77. The van der Waals surface area contributed by atoms with Crippen molar-refractivity contribution in [3.8, 4) is 17.2 Å². The maximum atomic E-state index is 11.3. The van der Waals surface area contributed by atoms with Gasteiger partial charge in [0.05, 0.1) is 0 Å². The SMILES string of the molecule is CCC(=O)NC[C@@H]1CC1c1cccc2c1C[C@@H](O)O2.CCC(=O)NC[C@@H]1C[C@H]1c1cccc2c1C(O)CO2.CCC(=O)NC[C@@H]1C[C@H]1c1cccc2c1C[C@H](O)O2. The van der Waals surface area contributed by atoms with E-state index in [0.717, 1.165) is 72.8 Å². The van der Waals surface area contributed by atoms with Crippen molar-refractivity contribution in [2.24, 2.45) is 17.8 Å². The van der Waals surface area contributed by atoms with E-state index in [9.17, 15) is 29.7 Å². The molecule has 3 amide bonds. The molecule has 3 heterocycles. The van der Waals surface area contributed by atoms with E-state index in [4.69, 9.17) is 14.2 Å². The number of rotatable bonds is 12. The Morgan fingerprint density at radius 1 is 0.579 bits per heavy atom. The van der Waals surface area contributed by atoms with Crippen LogP contribution in [0, 0.1) is 17.8 Å². The Labute approximate surface area is 334 Å². The fourth-order valence-electron chi connectivity index (χ4n) is 8.53. The van der Waals surface area contributed by atoms with Crippen LogP contribution in [0.15, 0.2) is 54.6 Å². The Hall–Kier alpha value is -4.65. The minimum absolute atomic E-state index is 0.104. The highest BCUT2D eigenvalue weighted by Gasteiger charge is 2.43. The molecule has 12 nitrogen and oxygen atoms in total. The molecule has 306 valence electrons. The summed E-state index contributed by atoms with van der Waals surface area (Å²) in [6, 6.07) is 18.0. The number of hydrogen-bond acceptors (Lipinski definition) is 9. The molecule has 3 aliphatic heterocycles. The molecule has 57 heavy (non-hydrogen) atoms. The topological polar surface area (TPSA) is 176 Å². The molecule has 9 rings (SSSR count). The number of aliphatic hydroxyl groups is 3. The summed E-state index contributed by atoms with van der Waals surface area (Å²) < 4.78 is 16.2. The van der Waals surface area contributed by atoms with E-state index in [-0.39, 0.29) is 17.7 Å². The monoisotopic (exact) mass is 783 g/mol. The second kappa shape index (κ2) is 17.9. The quantitative estimate of drug-likeness (QED) is 0.150. The molecular weight excluding hydrogens is 727 g/mol. The van der Waals surface area contributed by atoms with Crippen LogP contribution in [0.4, 0.5) is 0 Å². The fourth-order valence-corrected chi connectivity index (χ4v) is 8.53. The van der Waals surface area contributed by atoms with Gasteiger partial charge < -0.3 is 45.5 Å². The number of benzene rings is 3. The lowest BCUT2D eigenvalue weighted by Crippen LogP contribution is -2.24. The van der Waals surface area contributed by atoms with Crippen LogP contribution in [0.2, 0.25) is 0 Å². The first-order valence-electron chi connectivity index (χ1n) is 20.7. The number of aliphatic hydroxyl groups excluding tert-OH is 3. The van der Waals surface area contributed by atoms with Gasteiger partial charge in [-0.1, -0.05) is 57.2 Å². The largest absolute Gasteiger partial charge is 0.490 e. The van der Waals surface area contributed by atoms with Gasteiger partial charge in [-0.2, -0.15) is 0 Å². The number of nitrogens with one attached hydrogen (secondary N) is 3. The smallest absolute Gasteiger partial charge is 0.219 e. The molecule has 3 aliphatic carbocycles. The summed E-state index contributed by atoms with van der Waals surface area (Å²) in [6.45, 7) is 8.19. The van der Waals surface area contributed by atoms with E-state index < -0.39 is 18.7 Å². The van der Waals surface area contributed by atoms with Gasteiger partial charge in [0.15, 0.2) is 0 Å². The first kappa shape index (κ1) is 40.5. The van der Waals surface area contributed by atoms with Crippen molar-refractivity contribution in [2.75, 3.05) is 26.2 Å². The van der Waals surface area contributed by atoms with Crippen molar-refractivity contribution >= 4 is 17.7 Å². The summed E-state index contributed by atoms with van der Waals surface area (Å²) in [4.78, 5) is 33.8. The van der Waals surface area contributed by atoms with Crippen molar-refractivity contribution < 1.29 is 43.9 Å². The van der Waals surface area contributed by atoms with Crippen LogP contribution < -0.4 is 30.2 Å². The first-order valence-corrected chi connectivity index (χ1v) is 20.7. The van der Waals surface area contributed by atoms with Gasteiger partial charge in [-0.15, -0.1) is 0 Å². The number of carbonyl (C=O) groups is 3. The average molecular weight is 784 g/mol. The number of fused-ring (bicyclic) bond motifs is 3. The first-order chi connectivity index (χ1) is 27.6. The third kappa shape index (κ3) is 9.73. The summed E-state index contributed by atoms with van der Waals surface area (Å²) in [5, 5.41) is 38.0. The third-order valence-electron chi connectivity index (χ3n) is 12.1. The second-order valence-corrected chi connectivity index (χ2v) is 16.1. The predicted molar refractivity (Wildman–Crippen MR) is 213 cm³/mol. The Balaban J connectivity index is 0.000000131. The second-order valence-electron chi connectivity index (χ2n) is 16.1. The average Bonchev–Trinajstić information content (AvgIpc) is 4.17. The fraction of sp³-hybridized carbons (Fsp3) is 0.533. The molecule has 2 unspecified atom stereocenters. The van der Waals surface area contributed by atoms with E-state index in [0.29, 0.717) is 74.2 Å². The lowest BCUT2D eigenvalue weighted by molar-refractivity contribution is -0.121. The molecule has 9 atom stereocenters. The van der Waals surface area contributed by atoms with Crippen LogP contribution in [0.5, 0.6) is 17.2 Å². The highest BCUT2D eigenvalue weighted by Crippen LogP contribution is 2.53. The molecule has 12 heteroatoms. The Bertz CT molecular complexity index is 1840. The zero-order valence-electron chi connectivity index (χ0n) is 33.2. The normalized spacial score (nSPS) is 27.6. The molecule has 3 aromatic carbocycles. The Morgan fingerprint density at radius 3 is 1.39 bits per heavy atom. The molecule has 6 N–H and O–H groups in total. The van der Waals surface area contributed by atoms with Gasteiger partial charge in [0.25, 0.3) is 0 Å². The lowest BCUT2D eigenvalue weighted by atomic mass is 9.98. The minimum atomic E-state index is -0.701. The van der Waals surface area contributed by atoms with Crippen molar-refractivity contribution in [1.29, 1.82) is 0 Å². The van der Waals surface area contributed by atoms with Gasteiger partial charge in [-0.05, 0) is 89.7 Å². The zero-order valence-corrected chi connectivity index (χ0v) is 33.2. The van der Waals surface area contributed by atoms with E-state index >= 15 is 0 Å². The van der Waals surface area contributed by atoms with Crippen molar-refractivity contribution in [3.05, 3.63) is 88.0 Å². The maximum absolute atomic E-state index is 11.3. The molecule has 0 bridgehead atoms. The summed E-state index contributed by atoms with van der Waals surface area (Å²) in [5.41, 5.74) is 7.00. The predicted octanol–water partition coefficient (Wildman–Crippen LogP) is 4.88. The third-order valence-corrected chi connectivity index (χ3v) is 12.1. The molecule has 0 aromatic heterocycles. The van der Waals surface area contributed by atoms with Gasteiger partial charge in [0.1, 0.15) is 30.0 Å². The number of ether oxygens (including phenoxy) is 3. The zero-order chi connectivity index (χ0) is 40.2. The molecule has 3 saturated carbocycles. The van der Waals surface area contributed by atoms with Crippen LogP contribution in [0.25, 0.3) is 0 Å². The number of carbonyl (C=O) groups excluding carboxylic acids is 3. The maximum Gasteiger partial charge on any atom is 0.219 e. The van der Waals surface area contributed by atoms with E-state index in [2.05, 4.69) is 34.1 Å². The van der Waals surface area contributed by atoms with Crippen LogP contribution >= 0.6 is 0 Å². The Kier molecular flexibility index (Phi) is 12.7. The highest BCUT2D eigenvalue weighted by molar-refractivity contribution is 5.76. The molecule has 3 aromatic rings. The van der Waals surface area contributed by atoms with Crippen LogP contribution in [0.1, 0.15) is 117 Å². The van der Waals surface area contributed by atoms with Crippen molar-refractivity contribution in [3.63, 3.8) is 0 Å². The van der Waals surface area contributed by atoms with Gasteiger partial charge in [0.2, 0.25) is 30.3 Å². The molecule has 0 saturated heterocycles. The number of hydrogen-bond donors (Lipinski definition) is 6. The van der Waals surface area contributed by atoms with Crippen molar-refractivity contribution in [2.45, 2.75) is 109 Å². The van der Waals surface area contributed by atoms with Gasteiger partial charge in [0, 0.05) is 68.4 Å². The molecule has 3 fully saturated rings. The molecule has 0 radical (unpaired) electrons. The van der Waals surface area contributed by atoms with E-state index in [1.54, 1.807) is 0 Å². The van der Waals surface area contributed by atoms with Gasteiger partial charge in [-0.3, -0.25) is 14.4 Å². The Morgan fingerprint density at radius 2 is 0.965 bits per heavy atom. The van der Waals surface area contributed by atoms with Gasteiger partial charge in [-0.25, -0.2) is 0 Å². The van der Waals surface area contributed by atoms with Crippen LogP contribution in [-0.2, 0) is 27.2 Å². The molecule has 0 spiro atoms. The number of amides is 3. The molecular formula is C45H57N3O9.